The lowest BCUT2D eigenvalue weighted by atomic mass is 9.73. The zero-order chi connectivity index (χ0) is 9.60. The highest BCUT2D eigenvalue weighted by Crippen LogP contribution is 2.40. The van der Waals surface area contributed by atoms with Gasteiger partial charge in [-0.15, -0.1) is 0 Å². The van der Waals surface area contributed by atoms with Gasteiger partial charge in [0.15, 0.2) is 0 Å². The third-order valence-electron chi connectivity index (χ3n) is 3.59. The Morgan fingerprint density at radius 1 is 1.14 bits per heavy atom. The van der Waals surface area contributed by atoms with Crippen molar-refractivity contribution in [2.75, 3.05) is 0 Å². The molecule has 3 rings (SSSR count). The molecule has 2 N–H and O–H groups in total. The molecule has 2 aliphatic carbocycles. The smallest absolute Gasteiger partial charge is 0.116 e. The normalized spacial score (nSPS) is 22.9. The highest BCUT2D eigenvalue weighted by Gasteiger charge is 2.38. The lowest BCUT2D eigenvalue weighted by Crippen LogP contribution is -2.45. The Balaban J connectivity index is 2.10. The van der Waals surface area contributed by atoms with Crippen LogP contribution in [-0.4, -0.2) is 9.97 Å². The van der Waals surface area contributed by atoms with Gasteiger partial charge in [0.25, 0.3) is 0 Å². The summed E-state index contributed by atoms with van der Waals surface area (Å²) in [5.41, 5.74) is 9.94. The maximum Gasteiger partial charge on any atom is 0.116 e. The molecule has 0 spiro atoms. The minimum Gasteiger partial charge on any atom is -0.320 e. The van der Waals surface area contributed by atoms with E-state index in [-0.39, 0.29) is 5.54 Å². The highest BCUT2D eigenvalue weighted by atomic mass is 14.9. The van der Waals surface area contributed by atoms with Crippen LogP contribution in [0.2, 0.25) is 0 Å². The van der Waals surface area contributed by atoms with Crippen molar-refractivity contribution >= 4 is 0 Å². The van der Waals surface area contributed by atoms with Crippen LogP contribution in [0.5, 0.6) is 0 Å². The molecule has 0 radical (unpaired) electrons. The van der Waals surface area contributed by atoms with Crippen molar-refractivity contribution in [3.05, 3.63) is 23.3 Å². The van der Waals surface area contributed by atoms with Crippen molar-refractivity contribution in [3.63, 3.8) is 0 Å². The van der Waals surface area contributed by atoms with Crippen molar-refractivity contribution in [3.8, 4) is 0 Å². The fourth-order valence-electron chi connectivity index (χ4n) is 2.58. The standard InChI is InChI=1S/C11H15N3/c12-11(5-2-6-11)10-8-3-1-4-9(8)13-7-14-10/h7H,1-6,12H2. The molecule has 0 amide bonds. The second kappa shape index (κ2) is 2.76. The van der Waals surface area contributed by atoms with Crippen molar-refractivity contribution in [1.82, 2.24) is 9.97 Å². The molecule has 3 heteroatoms. The van der Waals surface area contributed by atoms with Crippen LogP contribution < -0.4 is 5.73 Å². The van der Waals surface area contributed by atoms with E-state index in [1.807, 2.05) is 0 Å². The quantitative estimate of drug-likeness (QED) is 0.724. The molecule has 74 valence electrons. The third kappa shape index (κ3) is 1.02. The van der Waals surface area contributed by atoms with E-state index in [9.17, 15) is 0 Å². The summed E-state index contributed by atoms with van der Waals surface area (Å²) in [5.74, 6) is 0. The zero-order valence-electron chi connectivity index (χ0n) is 8.29. The van der Waals surface area contributed by atoms with E-state index < -0.39 is 0 Å². The van der Waals surface area contributed by atoms with Gasteiger partial charge in [0, 0.05) is 5.69 Å². The minimum absolute atomic E-state index is 0.114. The first-order chi connectivity index (χ1) is 6.80. The molecule has 1 aromatic rings. The SMILES string of the molecule is NC1(c2ncnc3c2CCC3)CCC1. The molecule has 0 atom stereocenters. The lowest BCUT2D eigenvalue weighted by Gasteiger charge is -2.38. The molecule has 14 heavy (non-hydrogen) atoms. The van der Waals surface area contributed by atoms with Gasteiger partial charge in [-0.1, -0.05) is 0 Å². The molecule has 1 saturated carbocycles. The molecular weight excluding hydrogens is 174 g/mol. The molecule has 3 nitrogen and oxygen atoms in total. The Kier molecular flexibility index (Phi) is 1.65. The van der Waals surface area contributed by atoms with Crippen LogP contribution >= 0.6 is 0 Å². The van der Waals surface area contributed by atoms with E-state index in [4.69, 9.17) is 5.73 Å². The van der Waals surface area contributed by atoms with E-state index in [1.54, 1.807) is 6.33 Å². The summed E-state index contributed by atoms with van der Waals surface area (Å²) in [5, 5.41) is 0. The second-order valence-electron chi connectivity index (χ2n) is 4.51. The Morgan fingerprint density at radius 3 is 2.71 bits per heavy atom. The topological polar surface area (TPSA) is 51.8 Å². The molecular formula is C11H15N3. The number of fused-ring (bicyclic) bond motifs is 1. The Labute approximate surface area is 83.8 Å². The van der Waals surface area contributed by atoms with E-state index in [1.165, 1.54) is 24.1 Å². The summed E-state index contributed by atoms with van der Waals surface area (Å²) < 4.78 is 0. The molecule has 0 aliphatic heterocycles. The Bertz CT molecular complexity index is 369. The average molecular weight is 189 g/mol. The average Bonchev–Trinajstić information content (AvgIpc) is 2.61. The molecule has 0 aromatic carbocycles. The van der Waals surface area contributed by atoms with E-state index in [0.717, 1.165) is 31.4 Å². The van der Waals surface area contributed by atoms with Crippen molar-refractivity contribution < 1.29 is 0 Å². The summed E-state index contributed by atoms with van der Waals surface area (Å²) in [4.78, 5) is 8.73. The highest BCUT2D eigenvalue weighted by molar-refractivity contribution is 5.34. The van der Waals surface area contributed by atoms with Gasteiger partial charge in [0.1, 0.15) is 6.33 Å². The van der Waals surface area contributed by atoms with Gasteiger partial charge >= 0.3 is 0 Å². The second-order valence-corrected chi connectivity index (χ2v) is 4.51. The first-order valence-electron chi connectivity index (χ1n) is 5.42. The number of aromatic nitrogens is 2. The first kappa shape index (κ1) is 8.36. The maximum absolute atomic E-state index is 6.31. The molecule has 0 saturated heterocycles. The van der Waals surface area contributed by atoms with Crippen molar-refractivity contribution in [2.24, 2.45) is 5.73 Å². The number of nitrogens with two attached hydrogens (primary N) is 1. The molecule has 0 bridgehead atoms. The van der Waals surface area contributed by atoms with Crippen LogP contribution in [0.25, 0.3) is 0 Å². The Morgan fingerprint density at radius 2 is 2.00 bits per heavy atom. The van der Waals surface area contributed by atoms with Gasteiger partial charge in [0.2, 0.25) is 0 Å². The fraction of sp³-hybridized carbons (Fsp3) is 0.636. The monoisotopic (exact) mass is 189 g/mol. The van der Waals surface area contributed by atoms with Crippen LogP contribution in [0.3, 0.4) is 0 Å². The molecule has 2 aliphatic rings. The number of nitrogens with zero attached hydrogens (tertiary/aromatic N) is 2. The third-order valence-corrected chi connectivity index (χ3v) is 3.59. The summed E-state index contributed by atoms with van der Waals surface area (Å²) in [6.07, 6.45) is 8.58. The van der Waals surface area contributed by atoms with Crippen LogP contribution in [0, 0.1) is 0 Å². The number of hydrogen-bond acceptors (Lipinski definition) is 3. The minimum atomic E-state index is -0.114. The van der Waals surface area contributed by atoms with Gasteiger partial charge in [-0.25, -0.2) is 9.97 Å². The maximum atomic E-state index is 6.31. The fourth-order valence-corrected chi connectivity index (χ4v) is 2.58. The van der Waals surface area contributed by atoms with Crippen LogP contribution in [-0.2, 0) is 18.4 Å². The molecule has 1 aromatic heterocycles. The molecule has 1 heterocycles. The van der Waals surface area contributed by atoms with E-state index in [2.05, 4.69) is 9.97 Å². The van der Waals surface area contributed by atoms with E-state index in [0.29, 0.717) is 0 Å². The van der Waals surface area contributed by atoms with Gasteiger partial charge in [-0.05, 0) is 44.1 Å². The molecule has 0 unspecified atom stereocenters. The predicted octanol–water partition coefficient (Wildman–Crippen LogP) is 1.30. The first-order valence-corrected chi connectivity index (χ1v) is 5.42. The summed E-state index contributed by atoms with van der Waals surface area (Å²) in [6.45, 7) is 0. The number of hydrogen-bond donors (Lipinski definition) is 1. The van der Waals surface area contributed by atoms with Gasteiger partial charge in [0.05, 0.1) is 11.2 Å². The molecule has 1 fully saturated rings. The van der Waals surface area contributed by atoms with Crippen LogP contribution in [0.15, 0.2) is 6.33 Å². The summed E-state index contributed by atoms with van der Waals surface area (Å²) in [6, 6.07) is 0. The van der Waals surface area contributed by atoms with Crippen LogP contribution in [0.1, 0.15) is 42.6 Å². The summed E-state index contributed by atoms with van der Waals surface area (Å²) in [7, 11) is 0. The van der Waals surface area contributed by atoms with Gasteiger partial charge in [-0.2, -0.15) is 0 Å². The van der Waals surface area contributed by atoms with Gasteiger partial charge in [-0.3, -0.25) is 0 Å². The summed E-state index contributed by atoms with van der Waals surface area (Å²) >= 11 is 0. The number of aryl methyl sites for hydroxylation is 1. The predicted molar refractivity (Wildman–Crippen MR) is 53.8 cm³/mol. The number of rotatable bonds is 1. The van der Waals surface area contributed by atoms with Crippen molar-refractivity contribution in [2.45, 2.75) is 44.1 Å². The van der Waals surface area contributed by atoms with Crippen LogP contribution in [0.4, 0.5) is 0 Å². The van der Waals surface area contributed by atoms with Gasteiger partial charge < -0.3 is 5.73 Å². The van der Waals surface area contributed by atoms with Crippen molar-refractivity contribution in [1.29, 1.82) is 0 Å². The lowest BCUT2D eigenvalue weighted by molar-refractivity contribution is 0.244. The largest absolute Gasteiger partial charge is 0.320 e. The zero-order valence-corrected chi connectivity index (χ0v) is 8.29. The Hall–Kier alpha value is -0.960. The van der Waals surface area contributed by atoms with E-state index >= 15 is 0 Å².